The summed E-state index contributed by atoms with van der Waals surface area (Å²) in [6.45, 7) is -0.303. The van der Waals surface area contributed by atoms with Crippen LogP contribution in [0.3, 0.4) is 0 Å². The van der Waals surface area contributed by atoms with Crippen molar-refractivity contribution in [2.24, 2.45) is 5.10 Å². The molecule has 0 aliphatic heterocycles. The number of nitrogens with zero attached hydrogens (tertiary/aromatic N) is 1. The fourth-order valence-corrected chi connectivity index (χ4v) is 4.07. The van der Waals surface area contributed by atoms with E-state index in [1.807, 2.05) is 6.07 Å². The van der Waals surface area contributed by atoms with E-state index in [2.05, 4.69) is 15.8 Å². The second-order valence-corrected chi connectivity index (χ2v) is 8.92. The Balaban J connectivity index is 1.69. The van der Waals surface area contributed by atoms with E-state index in [-0.39, 0.29) is 17.9 Å². The van der Waals surface area contributed by atoms with Crippen LogP contribution in [0.2, 0.25) is 5.02 Å². The molecule has 3 aromatic rings. The first-order valence-corrected chi connectivity index (χ1v) is 12.0. The topological polar surface area (TPSA) is 111 Å². The van der Waals surface area contributed by atoms with Crippen LogP contribution in [-0.2, 0) is 5.75 Å². The molecule has 0 saturated heterocycles. The second-order valence-electron chi connectivity index (χ2n) is 7.45. The maximum absolute atomic E-state index is 13.3. The molecular formula is C25H23ClFN3O4S. The molecule has 2 amide bonds. The van der Waals surface area contributed by atoms with Gasteiger partial charge in [0, 0.05) is 22.1 Å². The van der Waals surface area contributed by atoms with Crippen molar-refractivity contribution in [2.75, 3.05) is 17.7 Å². The zero-order valence-corrected chi connectivity index (χ0v) is 20.0. The van der Waals surface area contributed by atoms with E-state index in [0.717, 1.165) is 5.56 Å². The quantitative estimate of drug-likeness (QED) is 0.240. The van der Waals surface area contributed by atoms with E-state index in [4.69, 9.17) is 16.7 Å². The van der Waals surface area contributed by atoms with Crippen molar-refractivity contribution in [3.63, 3.8) is 0 Å². The van der Waals surface area contributed by atoms with Gasteiger partial charge in [-0.2, -0.15) is 16.9 Å². The van der Waals surface area contributed by atoms with E-state index < -0.39 is 23.7 Å². The highest BCUT2D eigenvalue weighted by Crippen LogP contribution is 2.22. The lowest BCUT2D eigenvalue weighted by molar-refractivity contribution is 0.0956. The van der Waals surface area contributed by atoms with Gasteiger partial charge in [-0.15, -0.1) is 0 Å². The highest BCUT2D eigenvalue weighted by Gasteiger charge is 2.15. The normalized spacial score (nSPS) is 11.9. The van der Waals surface area contributed by atoms with Crippen molar-refractivity contribution in [2.45, 2.75) is 11.9 Å². The number of amides is 2. The molecule has 0 aliphatic rings. The molecular weight excluding hydrogens is 493 g/mol. The van der Waals surface area contributed by atoms with Crippen LogP contribution < -0.4 is 10.7 Å². The predicted molar refractivity (Wildman–Crippen MR) is 137 cm³/mol. The first kappa shape index (κ1) is 26.4. The summed E-state index contributed by atoms with van der Waals surface area (Å²) in [5.74, 6) is -0.533. The van der Waals surface area contributed by atoms with Crippen molar-refractivity contribution < 1.29 is 24.2 Å². The molecule has 182 valence electrons. The van der Waals surface area contributed by atoms with Gasteiger partial charge in [0.2, 0.25) is 0 Å². The van der Waals surface area contributed by atoms with Gasteiger partial charge in [-0.1, -0.05) is 35.9 Å². The van der Waals surface area contributed by atoms with Gasteiger partial charge in [-0.25, -0.2) is 9.82 Å². The molecule has 1 atom stereocenters. The number of carbonyl (C=O) groups is 2. The molecule has 35 heavy (non-hydrogen) atoms. The number of hydrogen-bond acceptors (Lipinski definition) is 6. The zero-order valence-electron chi connectivity index (χ0n) is 18.4. The molecule has 0 fully saturated rings. The van der Waals surface area contributed by atoms with Crippen molar-refractivity contribution in [3.05, 3.63) is 99.8 Å². The summed E-state index contributed by atoms with van der Waals surface area (Å²) in [6.07, 6.45) is 0.506. The van der Waals surface area contributed by atoms with E-state index in [0.29, 0.717) is 27.7 Å². The Bertz CT molecular complexity index is 1220. The molecule has 3 aromatic carbocycles. The molecule has 0 spiro atoms. The number of aliphatic hydroxyl groups is 2. The van der Waals surface area contributed by atoms with Crippen molar-refractivity contribution in [1.29, 1.82) is 0 Å². The number of anilines is 1. The monoisotopic (exact) mass is 515 g/mol. The molecule has 1 unspecified atom stereocenters. The third kappa shape index (κ3) is 8.18. The minimum atomic E-state index is -0.792. The lowest BCUT2D eigenvalue weighted by atomic mass is 10.1. The number of halogens is 2. The number of hydrogen-bond donors (Lipinski definition) is 4. The molecule has 0 saturated carbocycles. The maximum atomic E-state index is 13.3. The van der Waals surface area contributed by atoms with Gasteiger partial charge in [-0.05, 0) is 53.6 Å². The largest absolute Gasteiger partial charge is 0.394 e. The molecule has 3 rings (SSSR count). The van der Waals surface area contributed by atoms with Gasteiger partial charge >= 0.3 is 0 Å². The van der Waals surface area contributed by atoms with E-state index in [1.54, 1.807) is 30.3 Å². The summed E-state index contributed by atoms with van der Waals surface area (Å²) in [4.78, 5) is 25.6. The Labute approximate surface area is 211 Å². The number of benzene rings is 3. The average Bonchev–Trinajstić information content (AvgIpc) is 2.85. The number of rotatable bonds is 10. The molecule has 0 bridgehead atoms. The highest BCUT2D eigenvalue weighted by atomic mass is 35.5. The van der Waals surface area contributed by atoms with Crippen LogP contribution in [-0.4, -0.2) is 46.7 Å². The van der Waals surface area contributed by atoms with Gasteiger partial charge < -0.3 is 15.5 Å². The van der Waals surface area contributed by atoms with Crippen LogP contribution in [0.15, 0.2) is 71.8 Å². The number of aliphatic hydroxyl groups excluding tert-OH is 2. The van der Waals surface area contributed by atoms with Crippen molar-refractivity contribution in [1.82, 2.24) is 5.43 Å². The van der Waals surface area contributed by atoms with E-state index in [1.165, 1.54) is 48.3 Å². The lowest BCUT2D eigenvalue weighted by Gasteiger charge is -2.12. The maximum Gasteiger partial charge on any atom is 0.273 e. The summed E-state index contributed by atoms with van der Waals surface area (Å²) in [7, 11) is 0. The van der Waals surface area contributed by atoms with E-state index >= 15 is 0 Å². The minimum Gasteiger partial charge on any atom is -0.394 e. The number of thioether (sulfide) groups is 1. The van der Waals surface area contributed by atoms with Gasteiger partial charge in [0.25, 0.3) is 11.8 Å². The molecule has 0 radical (unpaired) electrons. The average molecular weight is 516 g/mol. The lowest BCUT2D eigenvalue weighted by Crippen LogP contribution is -2.21. The molecule has 0 aliphatic carbocycles. The van der Waals surface area contributed by atoms with Crippen molar-refractivity contribution >= 4 is 47.1 Å². The standard InChI is InChI=1S/C25H23ClFN3O4S/c26-19-7-8-23(22(11-19)25(34)30-28-12-16-3-2-6-20(27)10-16)29-24(33)18-5-1-4-17(9-18)14-35-15-21(32)13-31/h1-12,21,31-32H,13-15H2,(H,29,33)(H,30,34)/b28-12+. The molecule has 10 heteroatoms. The Hall–Kier alpha value is -3.24. The first-order valence-electron chi connectivity index (χ1n) is 10.5. The van der Waals surface area contributed by atoms with Crippen LogP contribution in [0.4, 0.5) is 10.1 Å². The van der Waals surface area contributed by atoms with E-state index in [9.17, 15) is 19.1 Å². The summed E-state index contributed by atoms with van der Waals surface area (Å²) >= 11 is 7.49. The highest BCUT2D eigenvalue weighted by molar-refractivity contribution is 7.98. The first-order chi connectivity index (χ1) is 16.9. The number of hydrazone groups is 1. The summed E-state index contributed by atoms with van der Waals surface area (Å²) in [5, 5.41) is 25.2. The zero-order chi connectivity index (χ0) is 25.2. The summed E-state index contributed by atoms with van der Waals surface area (Å²) < 4.78 is 13.3. The van der Waals surface area contributed by atoms with Crippen LogP contribution in [0.1, 0.15) is 31.8 Å². The van der Waals surface area contributed by atoms with Crippen LogP contribution in [0.25, 0.3) is 0 Å². The Morgan fingerprint density at radius 2 is 1.89 bits per heavy atom. The smallest absolute Gasteiger partial charge is 0.273 e. The number of carbonyl (C=O) groups excluding carboxylic acids is 2. The van der Waals surface area contributed by atoms with Crippen LogP contribution >= 0.6 is 23.4 Å². The second kappa shape index (κ2) is 13.0. The Kier molecular flexibility index (Phi) is 9.80. The predicted octanol–water partition coefficient (Wildman–Crippen LogP) is 4.08. The molecule has 7 nitrogen and oxygen atoms in total. The number of nitrogens with one attached hydrogen (secondary N) is 2. The molecule has 0 heterocycles. The summed E-state index contributed by atoms with van der Waals surface area (Å²) in [5.41, 5.74) is 4.41. The molecule has 0 aromatic heterocycles. The molecule has 4 N–H and O–H groups in total. The van der Waals surface area contributed by atoms with Crippen molar-refractivity contribution in [3.8, 4) is 0 Å². The van der Waals surface area contributed by atoms with Crippen LogP contribution in [0, 0.1) is 5.82 Å². The fraction of sp³-hybridized carbons (Fsp3) is 0.160. The third-order valence-corrected chi connectivity index (χ3v) is 6.07. The Morgan fingerprint density at radius 1 is 1.09 bits per heavy atom. The minimum absolute atomic E-state index is 0.104. The fourth-order valence-electron chi connectivity index (χ4n) is 2.99. The van der Waals surface area contributed by atoms with Gasteiger partial charge in [0.05, 0.1) is 30.2 Å². The SMILES string of the molecule is O=C(Nc1ccc(Cl)cc1C(=O)N/N=C/c1cccc(F)c1)c1cccc(CSCC(O)CO)c1. The summed E-state index contributed by atoms with van der Waals surface area (Å²) in [6, 6.07) is 17.1. The van der Waals surface area contributed by atoms with Gasteiger partial charge in [0.1, 0.15) is 5.82 Å². The van der Waals surface area contributed by atoms with Gasteiger partial charge in [-0.3, -0.25) is 9.59 Å². The van der Waals surface area contributed by atoms with Crippen LogP contribution in [0.5, 0.6) is 0 Å². The third-order valence-electron chi connectivity index (χ3n) is 4.68. The Morgan fingerprint density at radius 3 is 2.66 bits per heavy atom. The van der Waals surface area contributed by atoms with Gasteiger partial charge in [0.15, 0.2) is 0 Å².